The molecule has 2 heterocycles. The Morgan fingerprint density at radius 1 is 1.50 bits per heavy atom. The van der Waals surface area contributed by atoms with Gasteiger partial charge in [-0.3, -0.25) is 4.98 Å². The lowest BCUT2D eigenvalue weighted by Crippen LogP contribution is -1.85. The zero-order valence-electron chi connectivity index (χ0n) is 6.47. The van der Waals surface area contributed by atoms with Crippen LogP contribution in [0.15, 0.2) is 18.6 Å². The number of aromatic amines is 1. The van der Waals surface area contributed by atoms with Gasteiger partial charge in [0.15, 0.2) is 5.82 Å². The first-order chi connectivity index (χ1) is 5.83. The van der Waals surface area contributed by atoms with Gasteiger partial charge < -0.3 is 9.72 Å². The Balaban J connectivity index is 2.84. The van der Waals surface area contributed by atoms with E-state index in [2.05, 4.69) is 9.97 Å². The number of rotatable bonds is 1. The summed E-state index contributed by atoms with van der Waals surface area (Å²) < 4.78 is 18.0. The Hall–Kier alpha value is -1.58. The number of hydrogen-bond acceptors (Lipinski definition) is 2. The Labute approximate surface area is 68.2 Å². The van der Waals surface area contributed by atoms with E-state index in [4.69, 9.17) is 4.74 Å². The molecule has 0 aliphatic rings. The van der Waals surface area contributed by atoms with Gasteiger partial charge in [-0.15, -0.1) is 0 Å². The highest BCUT2D eigenvalue weighted by molar-refractivity contribution is 5.85. The van der Waals surface area contributed by atoms with Crippen LogP contribution in [0.3, 0.4) is 0 Å². The van der Waals surface area contributed by atoms with Crippen molar-refractivity contribution in [2.45, 2.75) is 0 Å². The lowest BCUT2D eigenvalue weighted by Gasteiger charge is -1.99. The molecule has 0 saturated heterocycles. The number of H-pyrrole nitrogens is 1. The van der Waals surface area contributed by atoms with E-state index in [1.165, 1.54) is 19.5 Å². The number of aromatic nitrogens is 2. The maximum absolute atomic E-state index is 13.1. The Bertz CT molecular complexity index is 410. The number of nitrogens with one attached hydrogen (secondary N) is 1. The fourth-order valence-corrected chi connectivity index (χ4v) is 1.17. The van der Waals surface area contributed by atoms with E-state index in [0.29, 0.717) is 16.7 Å². The van der Waals surface area contributed by atoms with E-state index in [1.54, 1.807) is 6.20 Å². The molecule has 0 spiro atoms. The van der Waals surface area contributed by atoms with Crippen LogP contribution in [-0.2, 0) is 0 Å². The third kappa shape index (κ3) is 0.845. The molecule has 0 unspecified atom stereocenters. The maximum atomic E-state index is 13.1. The van der Waals surface area contributed by atoms with Crippen LogP contribution in [0.4, 0.5) is 4.39 Å². The van der Waals surface area contributed by atoms with E-state index in [9.17, 15) is 4.39 Å². The zero-order valence-corrected chi connectivity index (χ0v) is 6.47. The lowest BCUT2D eigenvalue weighted by atomic mass is 10.3. The highest BCUT2D eigenvalue weighted by Gasteiger charge is 2.08. The molecule has 0 radical (unpaired) electrons. The summed E-state index contributed by atoms with van der Waals surface area (Å²) in [4.78, 5) is 6.62. The molecule has 0 fully saturated rings. The van der Waals surface area contributed by atoms with Gasteiger partial charge in [-0.1, -0.05) is 0 Å². The number of halogens is 1. The van der Waals surface area contributed by atoms with Gasteiger partial charge in [0.25, 0.3) is 0 Å². The second-order valence-corrected chi connectivity index (χ2v) is 2.40. The van der Waals surface area contributed by atoms with Crippen LogP contribution in [-0.4, -0.2) is 17.1 Å². The minimum Gasteiger partial charge on any atom is -0.494 e. The summed E-state index contributed by atoms with van der Waals surface area (Å²) in [5.74, 6) is 0.135. The molecule has 0 saturated carbocycles. The fraction of sp³-hybridized carbons (Fsp3) is 0.125. The first kappa shape index (κ1) is 7.09. The molecule has 12 heavy (non-hydrogen) atoms. The van der Waals surface area contributed by atoms with Gasteiger partial charge in [0.05, 0.1) is 30.4 Å². The summed E-state index contributed by atoms with van der Waals surface area (Å²) in [5.41, 5.74) is 0.645. The smallest absolute Gasteiger partial charge is 0.152 e. The first-order valence-corrected chi connectivity index (χ1v) is 3.47. The van der Waals surface area contributed by atoms with E-state index in [-0.39, 0.29) is 5.82 Å². The maximum Gasteiger partial charge on any atom is 0.152 e. The molecule has 4 heteroatoms. The van der Waals surface area contributed by atoms with Crippen LogP contribution in [0, 0.1) is 5.82 Å². The molecule has 0 aliphatic carbocycles. The predicted octanol–water partition coefficient (Wildman–Crippen LogP) is 1.71. The minimum absolute atomic E-state index is 0.316. The number of fused-ring (bicyclic) bond motifs is 1. The Kier molecular flexibility index (Phi) is 1.46. The Morgan fingerprint density at radius 3 is 3.08 bits per heavy atom. The van der Waals surface area contributed by atoms with Crippen molar-refractivity contribution >= 4 is 10.9 Å². The third-order valence-corrected chi connectivity index (χ3v) is 1.72. The van der Waals surface area contributed by atoms with Crippen molar-refractivity contribution in [2.24, 2.45) is 0 Å². The van der Waals surface area contributed by atoms with Crippen molar-refractivity contribution < 1.29 is 9.13 Å². The van der Waals surface area contributed by atoms with Crippen LogP contribution in [0.25, 0.3) is 10.9 Å². The quantitative estimate of drug-likeness (QED) is 0.700. The molecular weight excluding hydrogens is 159 g/mol. The second-order valence-electron chi connectivity index (χ2n) is 2.40. The molecule has 2 aromatic heterocycles. The molecule has 0 aromatic carbocycles. The summed E-state index contributed by atoms with van der Waals surface area (Å²) in [5, 5.41) is 0.451. The monoisotopic (exact) mass is 166 g/mol. The standard InChI is InChI=1S/C8H7FN2O/c1-12-7-4-10-3-6-8(7)5(9)2-11-6/h2-4,11H,1H3. The van der Waals surface area contributed by atoms with Crippen molar-refractivity contribution in [3.63, 3.8) is 0 Å². The highest BCUT2D eigenvalue weighted by atomic mass is 19.1. The van der Waals surface area contributed by atoms with Crippen LogP contribution in [0.1, 0.15) is 0 Å². The summed E-state index contributed by atoms with van der Waals surface area (Å²) in [6.45, 7) is 0. The predicted molar refractivity (Wildman–Crippen MR) is 42.6 cm³/mol. The molecule has 0 aliphatic heterocycles. The molecule has 0 atom stereocenters. The molecule has 1 N–H and O–H groups in total. The number of nitrogens with zero attached hydrogens (tertiary/aromatic N) is 1. The van der Waals surface area contributed by atoms with Gasteiger partial charge in [-0.05, 0) is 0 Å². The van der Waals surface area contributed by atoms with Crippen LogP contribution < -0.4 is 4.74 Å². The molecule has 2 rings (SSSR count). The van der Waals surface area contributed by atoms with Gasteiger partial charge in [-0.2, -0.15) is 0 Å². The number of methoxy groups -OCH3 is 1. The van der Waals surface area contributed by atoms with Crippen molar-refractivity contribution in [1.29, 1.82) is 0 Å². The minimum atomic E-state index is -0.316. The molecule has 3 nitrogen and oxygen atoms in total. The SMILES string of the molecule is COc1cncc2[nH]cc(F)c12. The van der Waals surface area contributed by atoms with Crippen LogP contribution in [0.2, 0.25) is 0 Å². The van der Waals surface area contributed by atoms with Gasteiger partial charge in [0, 0.05) is 6.20 Å². The van der Waals surface area contributed by atoms with Gasteiger partial charge in [0.1, 0.15) is 5.75 Å². The van der Waals surface area contributed by atoms with E-state index >= 15 is 0 Å². The highest BCUT2D eigenvalue weighted by Crippen LogP contribution is 2.25. The van der Waals surface area contributed by atoms with E-state index in [1.807, 2.05) is 0 Å². The lowest BCUT2D eigenvalue weighted by molar-refractivity contribution is 0.416. The van der Waals surface area contributed by atoms with Crippen LogP contribution >= 0.6 is 0 Å². The van der Waals surface area contributed by atoms with Gasteiger partial charge in [0.2, 0.25) is 0 Å². The first-order valence-electron chi connectivity index (χ1n) is 3.47. The molecular formula is C8H7FN2O. The summed E-state index contributed by atoms with van der Waals surface area (Å²) >= 11 is 0. The molecule has 0 amide bonds. The second kappa shape index (κ2) is 2.48. The number of ether oxygens (including phenoxy) is 1. The average molecular weight is 166 g/mol. The van der Waals surface area contributed by atoms with Crippen molar-refractivity contribution in [3.8, 4) is 5.75 Å². The summed E-state index contributed by atoms with van der Waals surface area (Å²) in [7, 11) is 1.49. The van der Waals surface area contributed by atoms with E-state index in [0.717, 1.165) is 0 Å². The molecule has 0 bridgehead atoms. The number of hydrogen-bond donors (Lipinski definition) is 1. The third-order valence-electron chi connectivity index (χ3n) is 1.72. The zero-order chi connectivity index (χ0) is 8.55. The Morgan fingerprint density at radius 2 is 2.33 bits per heavy atom. The molecule has 2 aromatic rings. The topological polar surface area (TPSA) is 37.9 Å². The van der Waals surface area contributed by atoms with Crippen LogP contribution in [0.5, 0.6) is 5.75 Å². The largest absolute Gasteiger partial charge is 0.494 e. The average Bonchev–Trinajstić information content (AvgIpc) is 2.48. The summed E-state index contributed by atoms with van der Waals surface area (Å²) in [6.07, 6.45) is 4.33. The van der Waals surface area contributed by atoms with Gasteiger partial charge >= 0.3 is 0 Å². The molecule has 62 valence electrons. The van der Waals surface area contributed by atoms with Crippen molar-refractivity contribution in [1.82, 2.24) is 9.97 Å². The fourth-order valence-electron chi connectivity index (χ4n) is 1.17. The van der Waals surface area contributed by atoms with Gasteiger partial charge in [-0.25, -0.2) is 4.39 Å². The number of pyridine rings is 1. The van der Waals surface area contributed by atoms with Crippen molar-refractivity contribution in [2.75, 3.05) is 7.11 Å². The van der Waals surface area contributed by atoms with Crippen molar-refractivity contribution in [3.05, 3.63) is 24.4 Å². The van der Waals surface area contributed by atoms with E-state index < -0.39 is 0 Å². The summed E-state index contributed by atoms with van der Waals surface area (Å²) in [6, 6.07) is 0. The normalized spacial score (nSPS) is 10.5.